The van der Waals surface area contributed by atoms with Gasteiger partial charge in [0.2, 0.25) is 0 Å². The average Bonchev–Trinajstić information content (AvgIpc) is 1.91. The molecule has 0 spiro atoms. The molecular formula is C14H29NO2. The predicted octanol–water partition coefficient (Wildman–Crippen LogP) is 3.97. The molecule has 102 valence electrons. The Hall–Kier alpha value is -0.730. The molecular weight excluding hydrogens is 214 g/mol. The minimum atomic E-state index is -0.454. The number of carbonyl (C=O) groups is 1. The van der Waals surface area contributed by atoms with Crippen LogP contribution in [0.5, 0.6) is 0 Å². The normalized spacial score (nSPS) is 13.8. The monoisotopic (exact) mass is 243 g/mol. The molecule has 3 nitrogen and oxygen atoms in total. The van der Waals surface area contributed by atoms with Gasteiger partial charge in [0.05, 0.1) is 0 Å². The van der Waals surface area contributed by atoms with Gasteiger partial charge in [0.1, 0.15) is 5.60 Å². The number of nitrogens with one attached hydrogen (secondary N) is 1. The van der Waals surface area contributed by atoms with E-state index in [1.165, 1.54) is 0 Å². The van der Waals surface area contributed by atoms with Crippen molar-refractivity contribution in [2.45, 2.75) is 74.0 Å². The Morgan fingerprint density at radius 3 is 1.47 bits per heavy atom. The molecule has 0 aromatic rings. The average molecular weight is 243 g/mol. The number of amides is 1. The number of hydrogen-bond donors (Lipinski definition) is 1. The molecule has 0 fully saturated rings. The lowest BCUT2D eigenvalue weighted by molar-refractivity contribution is 0.0372. The van der Waals surface area contributed by atoms with Crippen molar-refractivity contribution in [1.29, 1.82) is 0 Å². The van der Waals surface area contributed by atoms with Crippen molar-refractivity contribution in [2.75, 3.05) is 0 Å². The van der Waals surface area contributed by atoms with E-state index in [1.54, 1.807) is 0 Å². The van der Waals surface area contributed by atoms with Crippen LogP contribution in [0.15, 0.2) is 0 Å². The molecule has 0 aromatic carbocycles. The molecule has 0 aliphatic rings. The van der Waals surface area contributed by atoms with Crippen LogP contribution in [0.4, 0.5) is 4.79 Å². The van der Waals surface area contributed by atoms with Gasteiger partial charge in [-0.15, -0.1) is 0 Å². The van der Waals surface area contributed by atoms with Gasteiger partial charge in [-0.1, -0.05) is 41.5 Å². The lowest BCUT2D eigenvalue weighted by Gasteiger charge is -2.41. The van der Waals surface area contributed by atoms with Gasteiger partial charge in [-0.25, -0.2) is 4.79 Å². The molecule has 0 aromatic heterocycles. The van der Waals surface area contributed by atoms with Gasteiger partial charge in [-0.2, -0.15) is 0 Å². The minimum absolute atomic E-state index is 0.00481. The molecule has 3 heteroatoms. The maximum absolute atomic E-state index is 11.8. The number of rotatable bonds is 1. The highest BCUT2D eigenvalue weighted by Gasteiger charge is 2.36. The Labute approximate surface area is 106 Å². The largest absolute Gasteiger partial charge is 0.444 e. The van der Waals surface area contributed by atoms with Crippen molar-refractivity contribution in [3.8, 4) is 0 Å². The van der Waals surface area contributed by atoms with Crippen LogP contribution < -0.4 is 5.32 Å². The van der Waals surface area contributed by atoms with Crippen molar-refractivity contribution in [3.63, 3.8) is 0 Å². The van der Waals surface area contributed by atoms with E-state index in [1.807, 2.05) is 20.8 Å². The maximum Gasteiger partial charge on any atom is 0.407 e. The second-order valence-electron chi connectivity index (χ2n) is 7.81. The minimum Gasteiger partial charge on any atom is -0.444 e. The molecule has 0 saturated heterocycles. The Kier molecular flexibility index (Phi) is 4.66. The fourth-order valence-corrected chi connectivity index (χ4v) is 2.16. The molecule has 0 atom stereocenters. The number of ether oxygens (including phenoxy) is 1. The van der Waals surface area contributed by atoms with E-state index in [2.05, 4.69) is 46.9 Å². The lowest BCUT2D eigenvalue weighted by Crippen LogP contribution is -2.52. The van der Waals surface area contributed by atoms with Crippen molar-refractivity contribution >= 4 is 6.09 Å². The van der Waals surface area contributed by atoms with Gasteiger partial charge >= 0.3 is 6.09 Å². The van der Waals surface area contributed by atoms with Crippen molar-refractivity contribution in [3.05, 3.63) is 0 Å². The standard InChI is InChI=1S/C14H29NO2/c1-12(2,3)10(13(4,5)6)15-11(16)17-14(7,8)9/h10H,1-9H3,(H,15,16). The second kappa shape index (κ2) is 4.87. The highest BCUT2D eigenvalue weighted by atomic mass is 16.6. The summed E-state index contributed by atoms with van der Waals surface area (Å²) in [4.78, 5) is 11.8. The SMILES string of the molecule is CC(C)(C)OC(=O)NC(C(C)(C)C)C(C)(C)C. The van der Waals surface area contributed by atoms with Crippen LogP contribution in [-0.4, -0.2) is 17.7 Å². The van der Waals surface area contributed by atoms with E-state index in [-0.39, 0.29) is 23.0 Å². The van der Waals surface area contributed by atoms with E-state index >= 15 is 0 Å². The van der Waals surface area contributed by atoms with E-state index < -0.39 is 5.60 Å². The zero-order chi connectivity index (χ0) is 14.1. The third-order valence-corrected chi connectivity index (χ3v) is 2.39. The van der Waals surface area contributed by atoms with Crippen LogP contribution in [-0.2, 0) is 4.74 Å². The van der Waals surface area contributed by atoms with E-state index in [0.717, 1.165) is 0 Å². The summed E-state index contributed by atoms with van der Waals surface area (Å²) in [5.41, 5.74) is -0.464. The van der Waals surface area contributed by atoms with Crippen LogP contribution in [0, 0.1) is 10.8 Å². The molecule has 1 amide bonds. The molecule has 0 saturated carbocycles. The van der Waals surface area contributed by atoms with E-state index in [9.17, 15) is 4.79 Å². The summed E-state index contributed by atoms with van der Waals surface area (Å²) in [7, 11) is 0. The lowest BCUT2D eigenvalue weighted by atomic mass is 9.72. The molecule has 0 rings (SSSR count). The fourth-order valence-electron chi connectivity index (χ4n) is 2.16. The van der Waals surface area contributed by atoms with Crippen LogP contribution >= 0.6 is 0 Å². The number of hydrogen-bond acceptors (Lipinski definition) is 2. The zero-order valence-corrected chi connectivity index (χ0v) is 12.9. The van der Waals surface area contributed by atoms with Crippen molar-refractivity contribution in [1.82, 2.24) is 5.32 Å². The topological polar surface area (TPSA) is 38.3 Å². The quantitative estimate of drug-likeness (QED) is 0.756. The maximum atomic E-state index is 11.8. The summed E-state index contributed by atoms with van der Waals surface area (Å²) in [6, 6.07) is 0.0600. The predicted molar refractivity (Wildman–Crippen MR) is 72.1 cm³/mol. The highest BCUT2D eigenvalue weighted by Crippen LogP contribution is 2.33. The first-order chi connectivity index (χ1) is 7.23. The molecule has 0 unspecified atom stereocenters. The molecule has 0 aliphatic carbocycles. The first-order valence-electron chi connectivity index (χ1n) is 6.23. The Morgan fingerprint density at radius 2 is 1.24 bits per heavy atom. The summed E-state index contributed by atoms with van der Waals surface area (Å²) in [6.07, 6.45) is -0.340. The molecule has 17 heavy (non-hydrogen) atoms. The summed E-state index contributed by atoms with van der Waals surface area (Å²) >= 11 is 0. The highest BCUT2D eigenvalue weighted by molar-refractivity contribution is 5.68. The summed E-state index contributed by atoms with van der Waals surface area (Å²) in [5.74, 6) is 0. The summed E-state index contributed by atoms with van der Waals surface area (Å²) in [6.45, 7) is 18.4. The molecule has 1 N–H and O–H groups in total. The van der Waals surface area contributed by atoms with Crippen LogP contribution in [0.3, 0.4) is 0 Å². The van der Waals surface area contributed by atoms with Gasteiger partial charge < -0.3 is 10.1 Å². The van der Waals surface area contributed by atoms with Gasteiger partial charge in [0.25, 0.3) is 0 Å². The van der Waals surface area contributed by atoms with Crippen LogP contribution in [0.25, 0.3) is 0 Å². The van der Waals surface area contributed by atoms with Crippen molar-refractivity contribution in [2.24, 2.45) is 10.8 Å². The molecule has 0 bridgehead atoms. The van der Waals surface area contributed by atoms with Crippen molar-refractivity contribution < 1.29 is 9.53 Å². The van der Waals surface area contributed by atoms with Crippen LogP contribution in [0.2, 0.25) is 0 Å². The first-order valence-corrected chi connectivity index (χ1v) is 6.23. The fraction of sp³-hybridized carbons (Fsp3) is 0.929. The number of alkyl carbamates (subject to hydrolysis) is 1. The summed E-state index contributed by atoms with van der Waals surface area (Å²) in [5, 5.41) is 2.99. The van der Waals surface area contributed by atoms with E-state index in [0.29, 0.717) is 0 Å². The van der Waals surface area contributed by atoms with E-state index in [4.69, 9.17) is 4.74 Å². The molecule has 0 radical (unpaired) electrons. The Morgan fingerprint density at radius 1 is 0.882 bits per heavy atom. The Balaban J connectivity index is 4.75. The summed E-state index contributed by atoms with van der Waals surface area (Å²) < 4.78 is 5.31. The first kappa shape index (κ1) is 16.3. The molecule has 0 heterocycles. The third-order valence-electron chi connectivity index (χ3n) is 2.39. The second-order valence-corrected chi connectivity index (χ2v) is 7.81. The van der Waals surface area contributed by atoms with Gasteiger partial charge in [0, 0.05) is 6.04 Å². The van der Waals surface area contributed by atoms with Gasteiger partial charge in [-0.05, 0) is 31.6 Å². The van der Waals surface area contributed by atoms with Gasteiger partial charge in [0.15, 0.2) is 0 Å². The van der Waals surface area contributed by atoms with Crippen LogP contribution in [0.1, 0.15) is 62.3 Å². The molecule has 0 aliphatic heterocycles. The smallest absolute Gasteiger partial charge is 0.407 e. The van der Waals surface area contributed by atoms with Gasteiger partial charge in [-0.3, -0.25) is 0 Å². The number of carbonyl (C=O) groups excluding carboxylic acids is 1. The zero-order valence-electron chi connectivity index (χ0n) is 12.9. The third kappa shape index (κ3) is 6.54. The Bertz CT molecular complexity index is 249.